The first kappa shape index (κ1) is 33.5. The van der Waals surface area contributed by atoms with Gasteiger partial charge in [0.1, 0.15) is 0 Å². The molecule has 0 saturated carbocycles. The van der Waals surface area contributed by atoms with Crippen molar-refractivity contribution >= 4 is 80.1 Å². The van der Waals surface area contributed by atoms with Crippen LogP contribution >= 0.6 is 22.7 Å². The minimum absolute atomic E-state index is 1.11. The average Bonchev–Trinajstić information content (AvgIpc) is 3.87. The summed E-state index contributed by atoms with van der Waals surface area (Å²) in [5, 5.41) is 5.21. The molecule has 2 heterocycles. The number of nitrogens with zero attached hydrogens (tertiary/aromatic N) is 1. The lowest BCUT2D eigenvalue weighted by molar-refractivity contribution is 1.30. The maximum absolute atomic E-state index is 2.48. The Morgan fingerprint density at radius 1 is 0.281 bits per heavy atom. The monoisotopic (exact) mass is 761 g/mol. The van der Waals surface area contributed by atoms with Gasteiger partial charge in [-0.3, -0.25) is 0 Å². The van der Waals surface area contributed by atoms with Crippen molar-refractivity contribution in [3.63, 3.8) is 0 Å². The minimum Gasteiger partial charge on any atom is -0.308 e. The van der Waals surface area contributed by atoms with Crippen LogP contribution in [0.3, 0.4) is 0 Å². The lowest BCUT2D eigenvalue weighted by atomic mass is 9.97. The molecule has 0 atom stereocenters. The molecular weight excluding hydrogens is 727 g/mol. The molecule has 11 aromatic rings. The van der Waals surface area contributed by atoms with Gasteiger partial charge in [-0.1, -0.05) is 170 Å². The first-order chi connectivity index (χ1) is 28.3. The van der Waals surface area contributed by atoms with Gasteiger partial charge in [-0.2, -0.15) is 0 Å². The molecule has 0 bridgehead atoms. The molecule has 0 fully saturated rings. The van der Waals surface area contributed by atoms with Crippen LogP contribution in [-0.2, 0) is 0 Å². The third-order valence-electron chi connectivity index (χ3n) is 11.1. The highest BCUT2D eigenvalue weighted by atomic mass is 32.1. The van der Waals surface area contributed by atoms with Crippen LogP contribution < -0.4 is 4.90 Å². The van der Waals surface area contributed by atoms with E-state index in [-0.39, 0.29) is 0 Å². The Morgan fingerprint density at radius 2 is 0.754 bits per heavy atom. The molecule has 0 amide bonds. The van der Waals surface area contributed by atoms with Gasteiger partial charge in [0.15, 0.2) is 0 Å². The van der Waals surface area contributed by atoms with Gasteiger partial charge in [0.2, 0.25) is 0 Å². The second-order valence-corrected chi connectivity index (χ2v) is 16.6. The second kappa shape index (κ2) is 14.1. The Bertz CT molecular complexity index is 3200. The molecular formula is C54H35NS2. The molecule has 0 N–H and O–H groups in total. The van der Waals surface area contributed by atoms with E-state index in [0.29, 0.717) is 0 Å². The van der Waals surface area contributed by atoms with Gasteiger partial charge in [0.25, 0.3) is 0 Å². The summed E-state index contributed by atoms with van der Waals surface area (Å²) in [5.74, 6) is 0. The zero-order chi connectivity index (χ0) is 37.7. The van der Waals surface area contributed by atoms with Crippen LogP contribution in [0.25, 0.3) is 84.9 Å². The van der Waals surface area contributed by atoms with E-state index in [9.17, 15) is 0 Å². The number of fused-ring (bicyclic) bond motifs is 6. The van der Waals surface area contributed by atoms with Crippen LogP contribution in [-0.4, -0.2) is 0 Å². The molecule has 0 unspecified atom stereocenters. The Morgan fingerprint density at radius 3 is 1.40 bits per heavy atom. The summed E-state index contributed by atoms with van der Waals surface area (Å²) in [4.78, 5) is 2.48. The van der Waals surface area contributed by atoms with E-state index in [2.05, 4.69) is 217 Å². The van der Waals surface area contributed by atoms with E-state index in [0.717, 1.165) is 11.4 Å². The van der Waals surface area contributed by atoms with Crippen molar-refractivity contribution in [2.45, 2.75) is 0 Å². The Labute approximate surface area is 340 Å². The third-order valence-corrected chi connectivity index (χ3v) is 13.4. The predicted molar refractivity (Wildman–Crippen MR) is 249 cm³/mol. The lowest BCUT2D eigenvalue weighted by Gasteiger charge is -2.29. The Balaban J connectivity index is 1.09. The molecule has 0 aliphatic carbocycles. The quantitative estimate of drug-likeness (QED) is 0.156. The SMILES string of the molecule is c1ccc(-c2ccc(-c3ccc(N(c4ccc(-c5cccc6sc7ccccc7c56)cc4)c4c(-c5ccccc5)ccc5c4sc4ccccc45)cc3)cc2)cc1. The van der Waals surface area contributed by atoms with Gasteiger partial charge in [-0.25, -0.2) is 0 Å². The average molecular weight is 762 g/mol. The third kappa shape index (κ3) is 5.91. The summed E-state index contributed by atoms with van der Waals surface area (Å²) >= 11 is 3.74. The number of rotatable bonds is 7. The number of hydrogen-bond donors (Lipinski definition) is 0. The number of anilines is 3. The molecule has 0 saturated heterocycles. The fraction of sp³-hybridized carbons (Fsp3) is 0. The fourth-order valence-electron chi connectivity index (χ4n) is 8.35. The minimum atomic E-state index is 1.11. The van der Waals surface area contributed by atoms with Crippen molar-refractivity contribution in [3.05, 3.63) is 212 Å². The van der Waals surface area contributed by atoms with E-state index in [1.165, 1.54) is 90.5 Å². The van der Waals surface area contributed by atoms with Crippen LogP contribution in [0.2, 0.25) is 0 Å². The summed E-state index contributed by atoms with van der Waals surface area (Å²) in [7, 11) is 0. The van der Waals surface area contributed by atoms with Crippen molar-refractivity contribution < 1.29 is 0 Å². The van der Waals surface area contributed by atoms with E-state index in [1.807, 2.05) is 22.7 Å². The Kier molecular flexibility index (Phi) is 8.28. The number of hydrogen-bond acceptors (Lipinski definition) is 3. The topological polar surface area (TPSA) is 3.24 Å². The van der Waals surface area contributed by atoms with Crippen molar-refractivity contribution in [2.75, 3.05) is 4.90 Å². The summed E-state index contributed by atoms with van der Waals surface area (Å²) in [5.41, 5.74) is 13.1. The Hall–Kier alpha value is -6.78. The van der Waals surface area contributed by atoms with Crippen LogP contribution in [0.15, 0.2) is 212 Å². The lowest BCUT2D eigenvalue weighted by Crippen LogP contribution is -2.11. The molecule has 9 aromatic carbocycles. The zero-order valence-electron chi connectivity index (χ0n) is 31.0. The van der Waals surface area contributed by atoms with Gasteiger partial charge in [-0.15, -0.1) is 22.7 Å². The first-order valence-corrected chi connectivity index (χ1v) is 21.0. The zero-order valence-corrected chi connectivity index (χ0v) is 32.6. The van der Waals surface area contributed by atoms with Gasteiger partial charge < -0.3 is 4.90 Å². The van der Waals surface area contributed by atoms with Crippen molar-refractivity contribution in [3.8, 4) is 44.5 Å². The van der Waals surface area contributed by atoms with Crippen molar-refractivity contribution in [2.24, 2.45) is 0 Å². The highest BCUT2D eigenvalue weighted by molar-refractivity contribution is 7.26. The van der Waals surface area contributed by atoms with Crippen LogP contribution in [0.5, 0.6) is 0 Å². The van der Waals surface area contributed by atoms with Crippen molar-refractivity contribution in [1.82, 2.24) is 0 Å². The number of thiophene rings is 2. The maximum Gasteiger partial charge on any atom is 0.0718 e. The highest BCUT2D eigenvalue weighted by Crippen LogP contribution is 2.50. The molecule has 57 heavy (non-hydrogen) atoms. The molecule has 11 rings (SSSR count). The van der Waals surface area contributed by atoms with Gasteiger partial charge in [0.05, 0.1) is 10.4 Å². The van der Waals surface area contributed by atoms with Crippen LogP contribution in [0.1, 0.15) is 0 Å². The molecule has 2 aromatic heterocycles. The predicted octanol–water partition coefficient (Wildman–Crippen LogP) is 16.6. The van der Waals surface area contributed by atoms with E-state index in [4.69, 9.17) is 0 Å². The highest BCUT2D eigenvalue weighted by Gasteiger charge is 2.23. The summed E-state index contributed by atoms with van der Waals surface area (Å²) in [6, 6.07) is 77.6. The molecule has 0 aliphatic rings. The van der Waals surface area contributed by atoms with Crippen molar-refractivity contribution in [1.29, 1.82) is 0 Å². The largest absolute Gasteiger partial charge is 0.308 e. The summed E-state index contributed by atoms with van der Waals surface area (Å²) < 4.78 is 5.21. The first-order valence-electron chi connectivity index (χ1n) is 19.3. The fourth-order valence-corrected chi connectivity index (χ4v) is 10.7. The molecule has 0 aliphatic heterocycles. The van der Waals surface area contributed by atoms with Gasteiger partial charge >= 0.3 is 0 Å². The summed E-state index contributed by atoms with van der Waals surface area (Å²) in [6.45, 7) is 0. The smallest absolute Gasteiger partial charge is 0.0718 e. The van der Waals surface area contributed by atoms with Crippen LogP contribution in [0, 0.1) is 0 Å². The van der Waals surface area contributed by atoms with Gasteiger partial charge in [-0.05, 0) is 81.4 Å². The number of benzene rings is 9. The molecule has 1 nitrogen and oxygen atoms in total. The standard InChI is InChI=1S/C54H35NS2/c1-3-12-36(13-4-1)37-22-24-38(25-23-37)39-26-30-42(31-27-39)55(43-32-28-41(29-33-43)44-18-11-21-51-52(44)48-17-8-10-20-50(48)56-51)53-45(40-14-5-2-6-15-40)34-35-47-46-16-7-9-19-49(46)57-54(47)53/h1-35H. The van der Waals surface area contributed by atoms with E-state index < -0.39 is 0 Å². The molecule has 0 spiro atoms. The molecule has 0 radical (unpaired) electrons. The van der Waals surface area contributed by atoms with Crippen LogP contribution in [0.4, 0.5) is 17.1 Å². The molecule has 3 heteroatoms. The summed E-state index contributed by atoms with van der Waals surface area (Å²) in [6.07, 6.45) is 0. The van der Waals surface area contributed by atoms with E-state index in [1.54, 1.807) is 0 Å². The van der Waals surface area contributed by atoms with Gasteiger partial charge in [0, 0.05) is 52.6 Å². The second-order valence-electron chi connectivity index (χ2n) is 14.5. The van der Waals surface area contributed by atoms with E-state index >= 15 is 0 Å². The normalized spacial score (nSPS) is 11.5. The molecule has 268 valence electrons. The maximum atomic E-state index is 2.48.